The largest absolute Gasteiger partial charge is 0.352 e. The number of carbonyl (C=O) groups excluding carboxylic acids is 1. The Labute approximate surface area is 168 Å². The number of benzene rings is 1. The maximum atomic E-state index is 13.0. The van der Waals surface area contributed by atoms with Gasteiger partial charge in [0.05, 0.1) is 16.1 Å². The van der Waals surface area contributed by atoms with Gasteiger partial charge in [-0.15, -0.1) is 10.2 Å². The third kappa shape index (κ3) is 4.19. The summed E-state index contributed by atoms with van der Waals surface area (Å²) < 4.78 is 2.04. The van der Waals surface area contributed by atoms with Crippen LogP contribution in [-0.2, 0) is 13.0 Å². The third-order valence-corrected chi connectivity index (χ3v) is 5.91. The molecule has 0 spiro atoms. The SMILES string of the molecule is O=C(NCC1CCCCCC1)c1cn(CCc2nn[nH]n2)c2cccc(Cl)c12. The molecule has 7 nitrogen and oxygen atoms in total. The Balaban J connectivity index is 1.52. The molecule has 2 aromatic heterocycles. The molecule has 0 unspecified atom stereocenters. The average Bonchev–Trinajstić information content (AvgIpc) is 3.27. The molecule has 0 radical (unpaired) electrons. The number of aryl methyl sites for hydroxylation is 2. The number of H-pyrrole nitrogens is 1. The molecule has 1 fully saturated rings. The molecule has 28 heavy (non-hydrogen) atoms. The van der Waals surface area contributed by atoms with Gasteiger partial charge in [0.25, 0.3) is 5.91 Å². The van der Waals surface area contributed by atoms with Gasteiger partial charge in [-0.2, -0.15) is 5.21 Å². The summed E-state index contributed by atoms with van der Waals surface area (Å²) in [5.41, 5.74) is 1.57. The van der Waals surface area contributed by atoms with E-state index in [1.54, 1.807) is 0 Å². The number of hydrogen-bond acceptors (Lipinski definition) is 4. The third-order valence-electron chi connectivity index (χ3n) is 5.59. The summed E-state index contributed by atoms with van der Waals surface area (Å²) in [4.78, 5) is 13.0. The number of aromatic nitrogens is 5. The maximum Gasteiger partial charge on any atom is 0.253 e. The Kier molecular flexibility index (Phi) is 5.90. The van der Waals surface area contributed by atoms with Gasteiger partial charge in [0, 0.05) is 31.1 Å². The number of rotatable bonds is 6. The van der Waals surface area contributed by atoms with E-state index >= 15 is 0 Å². The number of nitrogens with zero attached hydrogens (tertiary/aromatic N) is 4. The normalized spacial score (nSPS) is 15.6. The molecule has 0 saturated heterocycles. The molecule has 1 amide bonds. The van der Waals surface area contributed by atoms with E-state index in [-0.39, 0.29) is 5.91 Å². The van der Waals surface area contributed by atoms with Crippen molar-refractivity contribution < 1.29 is 4.79 Å². The molecule has 1 aliphatic rings. The number of tetrazole rings is 1. The van der Waals surface area contributed by atoms with Crippen LogP contribution in [0.3, 0.4) is 0 Å². The molecule has 148 valence electrons. The standard InChI is InChI=1S/C20H25ClN6O/c21-16-8-5-9-17-19(16)15(13-27(17)11-10-18-23-25-26-24-18)20(28)22-12-14-6-3-1-2-4-7-14/h5,8-9,13-14H,1-4,6-7,10-12H2,(H,22,28)(H,23,24,25,26). The van der Waals surface area contributed by atoms with Crippen molar-refractivity contribution in [2.24, 2.45) is 5.92 Å². The van der Waals surface area contributed by atoms with Crippen LogP contribution in [0.2, 0.25) is 5.02 Å². The first-order valence-electron chi connectivity index (χ1n) is 10.0. The highest BCUT2D eigenvalue weighted by atomic mass is 35.5. The average molecular weight is 401 g/mol. The van der Waals surface area contributed by atoms with Crippen molar-refractivity contribution in [2.75, 3.05) is 6.54 Å². The predicted octanol–water partition coefficient (Wildman–Crippen LogP) is 3.75. The van der Waals surface area contributed by atoms with E-state index in [0.29, 0.717) is 35.3 Å². The van der Waals surface area contributed by atoms with Gasteiger partial charge in [0.2, 0.25) is 0 Å². The fourth-order valence-corrected chi connectivity index (χ4v) is 4.35. The summed E-state index contributed by atoms with van der Waals surface area (Å²) in [6, 6.07) is 5.72. The van der Waals surface area contributed by atoms with E-state index in [1.165, 1.54) is 38.5 Å². The van der Waals surface area contributed by atoms with E-state index < -0.39 is 0 Å². The molecule has 1 aromatic carbocycles. The molecular formula is C20H25ClN6O. The van der Waals surface area contributed by atoms with E-state index in [1.807, 2.05) is 29.0 Å². The topological polar surface area (TPSA) is 88.5 Å². The Morgan fingerprint density at radius 2 is 2.07 bits per heavy atom. The van der Waals surface area contributed by atoms with Crippen molar-refractivity contribution in [2.45, 2.75) is 51.5 Å². The first kappa shape index (κ1) is 18.9. The fourth-order valence-electron chi connectivity index (χ4n) is 4.07. The Hall–Kier alpha value is -2.41. The number of hydrogen-bond donors (Lipinski definition) is 2. The zero-order valence-electron chi connectivity index (χ0n) is 15.8. The highest BCUT2D eigenvalue weighted by molar-refractivity contribution is 6.36. The van der Waals surface area contributed by atoms with E-state index in [9.17, 15) is 4.79 Å². The van der Waals surface area contributed by atoms with Crippen LogP contribution in [0.25, 0.3) is 10.9 Å². The van der Waals surface area contributed by atoms with E-state index in [0.717, 1.165) is 17.4 Å². The number of amides is 1. The van der Waals surface area contributed by atoms with Crippen LogP contribution in [0.1, 0.15) is 54.7 Å². The second-order valence-corrected chi connectivity index (χ2v) is 7.92. The minimum absolute atomic E-state index is 0.0549. The van der Waals surface area contributed by atoms with Crippen LogP contribution in [0.4, 0.5) is 0 Å². The molecule has 0 aliphatic heterocycles. The molecule has 3 aromatic rings. The molecule has 1 saturated carbocycles. The number of nitrogens with one attached hydrogen (secondary N) is 2. The van der Waals surface area contributed by atoms with Gasteiger partial charge in [0.15, 0.2) is 5.82 Å². The van der Waals surface area contributed by atoms with Crippen molar-refractivity contribution in [1.29, 1.82) is 0 Å². The summed E-state index contributed by atoms with van der Waals surface area (Å²) in [7, 11) is 0. The fraction of sp³-hybridized carbons (Fsp3) is 0.500. The Morgan fingerprint density at radius 3 is 2.82 bits per heavy atom. The van der Waals surface area contributed by atoms with Gasteiger partial charge >= 0.3 is 0 Å². The minimum Gasteiger partial charge on any atom is -0.352 e. The zero-order valence-corrected chi connectivity index (χ0v) is 16.6. The smallest absolute Gasteiger partial charge is 0.253 e. The minimum atomic E-state index is -0.0549. The van der Waals surface area contributed by atoms with Gasteiger partial charge in [-0.1, -0.05) is 48.6 Å². The number of halogens is 1. The molecular weight excluding hydrogens is 376 g/mol. The highest BCUT2D eigenvalue weighted by Gasteiger charge is 2.19. The summed E-state index contributed by atoms with van der Waals surface area (Å²) in [6.45, 7) is 1.38. The van der Waals surface area contributed by atoms with E-state index in [2.05, 4.69) is 25.9 Å². The van der Waals surface area contributed by atoms with Crippen LogP contribution in [-0.4, -0.2) is 37.6 Å². The van der Waals surface area contributed by atoms with Crippen LogP contribution < -0.4 is 5.32 Å². The molecule has 8 heteroatoms. The van der Waals surface area contributed by atoms with Crippen LogP contribution in [0.5, 0.6) is 0 Å². The van der Waals surface area contributed by atoms with Gasteiger partial charge in [-0.25, -0.2) is 0 Å². The Bertz CT molecular complexity index is 928. The lowest BCUT2D eigenvalue weighted by Gasteiger charge is -2.14. The quantitative estimate of drug-likeness (QED) is 0.616. The second kappa shape index (κ2) is 8.73. The molecule has 2 heterocycles. The molecule has 0 bridgehead atoms. The van der Waals surface area contributed by atoms with Crippen LogP contribution in [0, 0.1) is 5.92 Å². The van der Waals surface area contributed by atoms with E-state index in [4.69, 9.17) is 11.6 Å². The van der Waals surface area contributed by atoms with Crippen molar-refractivity contribution in [3.05, 3.63) is 40.8 Å². The first-order valence-corrected chi connectivity index (χ1v) is 10.4. The molecule has 4 rings (SSSR count). The predicted molar refractivity (Wildman–Crippen MR) is 108 cm³/mol. The maximum absolute atomic E-state index is 13.0. The van der Waals surface area contributed by atoms with Gasteiger partial charge in [0.1, 0.15) is 0 Å². The van der Waals surface area contributed by atoms with Crippen molar-refractivity contribution in [3.8, 4) is 0 Å². The van der Waals surface area contributed by atoms with Gasteiger partial charge in [-0.3, -0.25) is 4.79 Å². The number of aromatic amines is 1. The highest BCUT2D eigenvalue weighted by Crippen LogP contribution is 2.29. The van der Waals surface area contributed by atoms with Crippen LogP contribution >= 0.6 is 11.6 Å². The molecule has 0 atom stereocenters. The van der Waals surface area contributed by atoms with Gasteiger partial charge in [-0.05, 0) is 30.9 Å². The van der Waals surface area contributed by atoms with Crippen molar-refractivity contribution >= 4 is 28.4 Å². The molecule has 1 aliphatic carbocycles. The second-order valence-electron chi connectivity index (χ2n) is 7.52. The molecule has 2 N–H and O–H groups in total. The summed E-state index contributed by atoms with van der Waals surface area (Å²) in [5, 5.41) is 18.6. The number of carbonyl (C=O) groups is 1. The first-order chi connectivity index (χ1) is 13.7. The zero-order chi connectivity index (χ0) is 19.3. The lowest BCUT2D eigenvalue weighted by Crippen LogP contribution is -2.29. The number of fused-ring (bicyclic) bond motifs is 1. The lowest BCUT2D eigenvalue weighted by atomic mass is 10.0. The summed E-state index contributed by atoms with van der Waals surface area (Å²) in [6.07, 6.45) is 10.1. The Morgan fingerprint density at radius 1 is 1.25 bits per heavy atom. The monoisotopic (exact) mass is 400 g/mol. The van der Waals surface area contributed by atoms with Crippen molar-refractivity contribution in [1.82, 2.24) is 30.5 Å². The van der Waals surface area contributed by atoms with Gasteiger partial charge < -0.3 is 9.88 Å². The lowest BCUT2D eigenvalue weighted by molar-refractivity contribution is 0.0947. The van der Waals surface area contributed by atoms with Crippen LogP contribution in [0.15, 0.2) is 24.4 Å². The van der Waals surface area contributed by atoms with Crippen molar-refractivity contribution in [3.63, 3.8) is 0 Å². The summed E-state index contributed by atoms with van der Waals surface area (Å²) >= 11 is 6.46. The summed E-state index contributed by atoms with van der Waals surface area (Å²) in [5.74, 6) is 1.16.